The summed E-state index contributed by atoms with van der Waals surface area (Å²) in [5.41, 5.74) is -0.425. The van der Waals surface area contributed by atoms with Gasteiger partial charge in [0.05, 0.1) is 19.1 Å². The van der Waals surface area contributed by atoms with E-state index >= 15 is 0 Å². The van der Waals surface area contributed by atoms with Crippen LogP contribution in [-0.2, 0) is 19.0 Å². The highest BCUT2D eigenvalue weighted by Gasteiger charge is 2.15. The van der Waals surface area contributed by atoms with Crippen molar-refractivity contribution in [2.24, 2.45) is 0 Å². The van der Waals surface area contributed by atoms with Crippen molar-refractivity contribution in [1.29, 1.82) is 0 Å². The number of esters is 1. The summed E-state index contributed by atoms with van der Waals surface area (Å²) >= 11 is 3.48. The molecule has 0 saturated carbocycles. The molecule has 120 valence electrons. The molecule has 2 atom stereocenters. The first kappa shape index (κ1) is 19.9. The van der Waals surface area contributed by atoms with Crippen LogP contribution in [0.4, 0.5) is 0 Å². The number of hydrogen-bond donors (Lipinski definition) is 0. The largest absolute Gasteiger partial charge is 0.460 e. The first-order valence-electron chi connectivity index (χ1n) is 7.26. The molecule has 0 aliphatic rings. The van der Waals surface area contributed by atoms with E-state index in [4.69, 9.17) is 14.2 Å². The van der Waals surface area contributed by atoms with Gasteiger partial charge in [-0.05, 0) is 40.5 Å². The molecule has 0 fully saturated rings. The second kappa shape index (κ2) is 10.6. The SMILES string of the molecule is CC(Br)CCOC(C)CCOCCC(=O)OC(C)(C)C. The van der Waals surface area contributed by atoms with Crippen LogP contribution in [0.15, 0.2) is 0 Å². The van der Waals surface area contributed by atoms with Gasteiger partial charge in [-0.1, -0.05) is 22.9 Å². The van der Waals surface area contributed by atoms with E-state index in [1.54, 1.807) is 0 Å². The van der Waals surface area contributed by atoms with Crippen LogP contribution in [0.2, 0.25) is 0 Å². The summed E-state index contributed by atoms with van der Waals surface area (Å²) in [5.74, 6) is -0.215. The minimum atomic E-state index is -0.425. The summed E-state index contributed by atoms with van der Waals surface area (Å²) in [4.78, 5) is 11.9. The van der Waals surface area contributed by atoms with Crippen molar-refractivity contribution in [3.63, 3.8) is 0 Å². The standard InChI is InChI=1S/C15H29BrO4/c1-12(16)6-11-19-13(2)7-9-18-10-8-14(17)20-15(3,4)5/h12-13H,6-11H2,1-5H3. The fourth-order valence-corrected chi connectivity index (χ4v) is 1.60. The summed E-state index contributed by atoms with van der Waals surface area (Å²) in [6, 6.07) is 0. The van der Waals surface area contributed by atoms with Crippen LogP contribution in [0.5, 0.6) is 0 Å². The zero-order valence-electron chi connectivity index (χ0n) is 13.4. The molecule has 0 aromatic carbocycles. The van der Waals surface area contributed by atoms with E-state index in [-0.39, 0.29) is 12.1 Å². The molecule has 0 aliphatic carbocycles. The molecule has 0 rings (SSSR count). The minimum absolute atomic E-state index is 0.183. The molecule has 20 heavy (non-hydrogen) atoms. The second-order valence-electron chi connectivity index (χ2n) is 5.99. The Kier molecular flexibility index (Phi) is 10.5. The number of rotatable bonds is 10. The number of ether oxygens (including phenoxy) is 3. The summed E-state index contributed by atoms with van der Waals surface area (Å²) in [6.07, 6.45) is 2.32. The fraction of sp³-hybridized carbons (Fsp3) is 0.933. The summed E-state index contributed by atoms with van der Waals surface area (Å²) in [5, 5.41) is 0. The Hall–Kier alpha value is -0.130. The van der Waals surface area contributed by atoms with Gasteiger partial charge in [0, 0.05) is 18.0 Å². The Bertz CT molecular complexity index is 261. The van der Waals surface area contributed by atoms with Gasteiger partial charge in [-0.2, -0.15) is 0 Å². The molecular weight excluding hydrogens is 324 g/mol. The lowest BCUT2D eigenvalue weighted by Gasteiger charge is -2.19. The predicted molar refractivity (Wildman–Crippen MR) is 84.3 cm³/mol. The molecule has 0 amide bonds. The topological polar surface area (TPSA) is 44.8 Å². The maximum Gasteiger partial charge on any atom is 0.308 e. The molecule has 0 radical (unpaired) electrons. The van der Waals surface area contributed by atoms with Gasteiger partial charge in [-0.25, -0.2) is 0 Å². The first-order valence-corrected chi connectivity index (χ1v) is 8.17. The number of carbonyl (C=O) groups is 1. The monoisotopic (exact) mass is 352 g/mol. The van der Waals surface area contributed by atoms with E-state index in [0.29, 0.717) is 24.5 Å². The summed E-state index contributed by atoms with van der Waals surface area (Å²) in [6.45, 7) is 11.5. The normalized spacial score (nSPS) is 14.9. The fourth-order valence-electron chi connectivity index (χ4n) is 1.41. The molecule has 2 unspecified atom stereocenters. The zero-order valence-corrected chi connectivity index (χ0v) is 15.0. The van der Waals surface area contributed by atoms with Crippen LogP contribution in [0.1, 0.15) is 53.9 Å². The maximum absolute atomic E-state index is 11.4. The van der Waals surface area contributed by atoms with Gasteiger partial charge in [-0.15, -0.1) is 0 Å². The van der Waals surface area contributed by atoms with Crippen molar-refractivity contribution >= 4 is 21.9 Å². The van der Waals surface area contributed by atoms with E-state index in [0.717, 1.165) is 19.4 Å². The lowest BCUT2D eigenvalue weighted by molar-refractivity contribution is -0.156. The van der Waals surface area contributed by atoms with Gasteiger partial charge in [0.1, 0.15) is 5.60 Å². The minimum Gasteiger partial charge on any atom is -0.460 e. The number of halogens is 1. The van der Waals surface area contributed by atoms with E-state index in [2.05, 4.69) is 22.9 Å². The number of alkyl halides is 1. The van der Waals surface area contributed by atoms with Crippen molar-refractivity contribution in [3.8, 4) is 0 Å². The van der Waals surface area contributed by atoms with Crippen LogP contribution in [0.3, 0.4) is 0 Å². The van der Waals surface area contributed by atoms with Crippen LogP contribution >= 0.6 is 15.9 Å². The van der Waals surface area contributed by atoms with E-state index in [9.17, 15) is 4.79 Å². The molecule has 0 heterocycles. The molecule has 0 aromatic rings. The Morgan fingerprint density at radius 2 is 1.75 bits per heavy atom. The molecule has 0 bridgehead atoms. The molecule has 0 aliphatic heterocycles. The van der Waals surface area contributed by atoms with Gasteiger partial charge in [0.2, 0.25) is 0 Å². The van der Waals surface area contributed by atoms with Crippen LogP contribution < -0.4 is 0 Å². The van der Waals surface area contributed by atoms with E-state index in [1.165, 1.54) is 0 Å². The average molecular weight is 353 g/mol. The first-order chi connectivity index (χ1) is 9.20. The lowest BCUT2D eigenvalue weighted by atomic mass is 10.2. The van der Waals surface area contributed by atoms with Gasteiger partial charge >= 0.3 is 5.97 Å². The highest BCUT2D eigenvalue weighted by atomic mass is 79.9. The molecular formula is C15H29BrO4. The maximum atomic E-state index is 11.4. The zero-order chi connectivity index (χ0) is 15.6. The Morgan fingerprint density at radius 3 is 2.30 bits per heavy atom. The Balaban J connectivity index is 3.45. The smallest absolute Gasteiger partial charge is 0.308 e. The molecule has 4 nitrogen and oxygen atoms in total. The predicted octanol–water partition coefficient (Wildman–Crippen LogP) is 3.70. The van der Waals surface area contributed by atoms with Crippen molar-refractivity contribution in [1.82, 2.24) is 0 Å². The highest BCUT2D eigenvalue weighted by molar-refractivity contribution is 9.09. The second-order valence-corrected chi connectivity index (χ2v) is 7.55. The third kappa shape index (κ3) is 14.3. The van der Waals surface area contributed by atoms with Crippen LogP contribution in [0.25, 0.3) is 0 Å². The average Bonchev–Trinajstić information content (AvgIpc) is 2.25. The number of carbonyl (C=O) groups excluding carboxylic acids is 1. The molecule has 0 N–H and O–H groups in total. The third-order valence-corrected chi connectivity index (χ3v) is 2.92. The van der Waals surface area contributed by atoms with Crippen molar-refractivity contribution in [2.75, 3.05) is 19.8 Å². The Labute approximate surface area is 131 Å². The quantitative estimate of drug-likeness (QED) is 0.341. The van der Waals surface area contributed by atoms with Gasteiger partial charge in [0.15, 0.2) is 0 Å². The van der Waals surface area contributed by atoms with Gasteiger partial charge in [0.25, 0.3) is 0 Å². The highest BCUT2D eigenvalue weighted by Crippen LogP contribution is 2.08. The Morgan fingerprint density at radius 1 is 1.10 bits per heavy atom. The molecule has 5 heteroatoms. The van der Waals surface area contributed by atoms with Crippen LogP contribution in [-0.4, -0.2) is 42.3 Å². The van der Waals surface area contributed by atoms with Gasteiger partial charge in [-0.3, -0.25) is 4.79 Å². The number of hydrogen-bond acceptors (Lipinski definition) is 4. The van der Waals surface area contributed by atoms with Crippen molar-refractivity contribution in [3.05, 3.63) is 0 Å². The van der Waals surface area contributed by atoms with E-state index < -0.39 is 5.60 Å². The summed E-state index contributed by atoms with van der Waals surface area (Å²) in [7, 11) is 0. The van der Waals surface area contributed by atoms with Crippen molar-refractivity contribution in [2.45, 2.75) is 70.4 Å². The van der Waals surface area contributed by atoms with E-state index in [1.807, 2.05) is 27.7 Å². The summed E-state index contributed by atoms with van der Waals surface area (Å²) < 4.78 is 16.3. The lowest BCUT2D eigenvalue weighted by Crippen LogP contribution is -2.24. The third-order valence-electron chi connectivity index (χ3n) is 2.46. The van der Waals surface area contributed by atoms with Crippen LogP contribution in [0, 0.1) is 0 Å². The van der Waals surface area contributed by atoms with Crippen molar-refractivity contribution < 1.29 is 19.0 Å². The molecule has 0 saturated heterocycles. The van der Waals surface area contributed by atoms with Gasteiger partial charge < -0.3 is 14.2 Å². The molecule has 0 aromatic heterocycles. The molecule has 0 spiro atoms.